The second-order valence-corrected chi connectivity index (χ2v) is 8.53. The molecular formula is C21H32N2O4. The van der Waals surface area contributed by atoms with Crippen molar-refractivity contribution < 1.29 is 19.4 Å². The summed E-state index contributed by atoms with van der Waals surface area (Å²) >= 11 is 0. The number of carbonyl (C=O) groups is 2. The lowest BCUT2D eigenvalue weighted by Gasteiger charge is -2.61. The third-order valence-corrected chi connectivity index (χ3v) is 5.58. The summed E-state index contributed by atoms with van der Waals surface area (Å²) in [5.74, 6) is -0.244. The monoisotopic (exact) mass is 376 g/mol. The number of benzene rings is 1. The molecule has 0 bridgehead atoms. The van der Waals surface area contributed by atoms with Gasteiger partial charge < -0.3 is 20.5 Å². The van der Waals surface area contributed by atoms with Crippen molar-refractivity contribution in [2.24, 2.45) is 10.8 Å². The van der Waals surface area contributed by atoms with Gasteiger partial charge in [-0.3, -0.25) is 4.79 Å². The van der Waals surface area contributed by atoms with Crippen molar-refractivity contribution >= 4 is 12.0 Å². The van der Waals surface area contributed by atoms with Crippen molar-refractivity contribution in [3.05, 3.63) is 35.9 Å². The summed E-state index contributed by atoms with van der Waals surface area (Å²) in [7, 11) is 0. The number of hydrogen-bond donors (Lipinski definition) is 3. The Balaban J connectivity index is 1.93. The molecule has 1 aliphatic carbocycles. The van der Waals surface area contributed by atoms with Crippen LogP contribution >= 0.6 is 0 Å². The van der Waals surface area contributed by atoms with E-state index < -0.39 is 29.1 Å². The Hall–Kier alpha value is -2.08. The van der Waals surface area contributed by atoms with Gasteiger partial charge in [0, 0.05) is 16.9 Å². The van der Waals surface area contributed by atoms with Gasteiger partial charge in [0.15, 0.2) is 0 Å². The van der Waals surface area contributed by atoms with E-state index in [4.69, 9.17) is 4.74 Å². The van der Waals surface area contributed by atoms with Gasteiger partial charge in [0.25, 0.3) is 0 Å². The molecule has 6 heteroatoms. The molecule has 0 aromatic heterocycles. The highest BCUT2D eigenvalue weighted by Gasteiger charge is 2.61. The van der Waals surface area contributed by atoms with E-state index in [1.54, 1.807) is 0 Å². The quantitative estimate of drug-likeness (QED) is 0.683. The van der Waals surface area contributed by atoms with Crippen LogP contribution in [0.3, 0.4) is 0 Å². The molecule has 2 amide bonds. The molecular weight excluding hydrogens is 344 g/mol. The highest BCUT2D eigenvalue weighted by atomic mass is 16.5. The minimum Gasteiger partial charge on any atom is -0.445 e. The van der Waals surface area contributed by atoms with Crippen LogP contribution in [0.15, 0.2) is 30.3 Å². The number of nitrogens with one attached hydrogen (secondary N) is 2. The topological polar surface area (TPSA) is 87.7 Å². The van der Waals surface area contributed by atoms with Crippen LogP contribution in [0.4, 0.5) is 4.79 Å². The van der Waals surface area contributed by atoms with Crippen molar-refractivity contribution in [3.63, 3.8) is 0 Å². The highest BCUT2D eigenvalue weighted by molar-refractivity contribution is 5.86. The summed E-state index contributed by atoms with van der Waals surface area (Å²) in [4.78, 5) is 24.9. The number of rotatable bonds is 7. The fraction of sp³-hybridized carbons (Fsp3) is 0.619. The van der Waals surface area contributed by atoms with Crippen molar-refractivity contribution in [3.8, 4) is 0 Å². The predicted molar refractivity (Wildman–Crippen MR) is 104 cm³/mol. The molecule has 1 aliphatic rings. The maximum atomic E-state index is 12.8. The molecule has 1 saturated carbocycles. The van der Waals surface area contributed by atoms with Gasteiger partial charge in [-0.2, -0.15) is 0 Å². The van der Waals surface area contributed by atoms with Gasteiger partial charge in [-0.05, 0) is 12.0 Å². The first-order chi connectivity index (χ1) is 12.6. The van der Waals surface area contributed by atoms with Crippen molar-refractivity contribution in [2.45, 2.75) is 72.3 Å². The van der Waals surface area contributed by atoms with Gasteiger partial charge in [0.1, 0.15) is 12.6 Å². The highest BCUT2D eigenvalue weighted by Crippen LogP contribution is 2.53. The Morgan fingerprint density at radius 2 is 1.74 bits per heavy atom. The van der Waals surface area contributed by atoms with E-state index >= 15 is 0 Å². The zero-order valence-corrected chi connectivity index (χ0v) is 16.9. The first-order valence-electron chi connectivity index (χ1n) is 9.56. The van der Waals surface area contributed by atoms with Gasteiger partial charge in [0.05, 0.1) is 6.10 Å². The largest absolute Gasteiger partial charge is 0.445 e. The van der Waals surface area contributed by atoms with Gasteiger partial charge in [-0.25, -0.2) is 4.79 Å². The lowest BCUT2D eigenvalue weighted by Crippen LogP contribution is -2.74. The van der Waals surface area contributed by atoms with E-state index in [0.717, 1.165) is 12.0 Å². The van der Waals surface area contributed by atoms with E-state index in [-0.39, 0.29) is 18.6 Å². The van der Waals surface area contributed by atoms with Crippen molar-refractivity contribution in [2.75, 3.05) is 0 Å². The summed E-state index contributed by atoms with van der Waals surface area (Å²) in [6.45, 7) is 9.85. The third-order valence-electron chi connectivity index (χ3n) is 5.58. The number of ether oxygens (including phenoxy) is 1. The number of alkyl carbamates (subject to hydrolysis) is 1. The second kappa shape index (κ2) is 8.30. The minimum atomic E-state index is -0.664. The average molecular weight is 376 g/mol. The standard InChI is InChI=1S/C21H32N2O4/c1-6-10-15(22-19(26)27-13-14-11-8-7-9-12-14)16(24)23-17-20(2,3)18(25)21(17,4)5/h7-9,11-12,15,17-18,25H,6,10,13H2,1-5H3,(H,22,26)(H,23,24)/t15-,17?,18?/m0/s1. The normalized spacial score (nSPS) is 23.6. The smallest absolute Gasteiger partial charge is 0.408 e. The summed E-state index contributed by atoms with van der Waals surface area (Å²) in [6, 6.07) is 8.55. The van der Waals surface area contributed by atoms with Crippen LogP contribution in [0.2, 0.25) is 0 Å². The molecule has 27 heavy (non-hydrogen) atoms. The number of carbonyl (C=O) groups excluding carboxylic acids is 2. The van der Waals surface area contributed by atoms with Crippen LogP contribution in [0.1, 0.15) is 53.0 Å². The molecule has 0 saturated heterocycles. The molecule has 0 unspecified atom stereocenters. The van der Waals surface area contributed by atoms with Crippen molar-refractivity contribution in [1.82, 2.24) is 10.6 Å². The fourth-order valence-electron chi connectivity index (χ4n) is 4.22. The molecule has 150 valence electrons. The van der Waals surface area contributed by atoms with Crippen LogP contribution in [0.25, 0.3) is 0 Å². The predicted octanol–water partition coefficient (Wildman–Crippen LogP) is 2.99. The molecule has 3 N–H and O–H groups in total. The van der Waals surface area contributed by atoms with E-state index in [1.807, 2.05) is 65.0 Å². The molecule has 0 spiro atoms. The molecule has 1 atom stereocenters. The maximum absolute atomic E-state index is 12.8. The second-order valence-electron chi connectivity index (χ2n) is 8.53. The molecule has 1 fully saturated rings. The van der Waals surface area contributed by atoms with Gasteiger partial charge in [0.2, 0.25) is 5.91 Å². The van der Waals surface area contributed by atoms with Crippen LogP contribution in [-0.4, -0.2) is 35.3 Å². The average Bonchev–Trinajstić information content (AvgIpc) is 2.63. The van der Waals surface area contributed by atoms with E-state index in [0.29, 0.717) is 6.42 Å². The molecule has 2 rings (SSSR count). The molecule has 0 radical (unpaired) electrons. The summed E-state index contributed by atoms with van der Waals surface area (Å²) < 4.78 is 5.23. The first-order valence-corrected chi connectivity index (χ1v) is 9.56. The lowest BCUT2D eigenvalue weighted by atomic mass is 9.49. The maximum Gasteiger partial charge on any atom is 0.408 e. The van der Waals surface area contributed by atoms with Crippen molar-refractivity contribution in [1.29, 1.82) is 0 Å². The molecule has 1 aromatic rings. The first kappa shape index (κ1) is 21.2. The SMILES string of the molecule is CCC[C@H](NC(=O)OCc1ccccc1)C(=O)NC1C(C)(C)C(O)C1(C)C. The zero-order valence-electron chi connectivity index (χ0n) is 16.9. The number of aliphatic hydroxyl groups is 1. The van der Waals surface area contributed by atoms with E-state index in [1.165, 1.54) is 0 Å². The summed E-state index contributed by atoms with van der Waals surface area (Å²) in [5, 5.41) is 16.0. The third kappa shape index (κ3) is 4.61. The van der Waals surface area contributed by atoms with Gasteiger partial charge in [-0.1, -0.05) is 71.4 Å². The Morgan fingerprint density at radius 3 is 2.30 bits per heavy atom. The van der Waals surface area contributed by atoms with E-state index in [9.17, 15) is 14.7 Å². The Morgan fingerprint density at radius 1 is 1.15 bits per heavy atom. The summed E-state index contributed by atoms with van der Waals surface area (Å²) in [5.41, 5.74) is 0.0594. The van der Waals surface area contributed by atoms with Gasteiger partial charge >= 0.3 is 6.09 Å². The van der Waals surface area contributed by atoms with Crippen LogP contribution in [0, 0.1) is 10.8 Å². The number of hydrogen-bond acceptors (Lipinski definition) is 4. The fourth-order valence-corrected chi connectivity index (χ4v) is 4.22. The zero-order chi connectivity index (χ0) is 20.2. The number of aliphatic hydroxyl groups excluding tert-OH is 1. The molecule has 6 nitrogen and oxygen atoms in total. The van der Waals surface area contributed by atoms with E-state index in [2.05, 4.69) is 10.6 Å². The molecule has 1 aromatic carbocycles. The minimum absolute atomic E-state index is 0.155. The Bertz CT molecular complexity index is 641. The molecule has 0 heterocycles. The van der Waals surface area contributed by atoms with Gasteiger partial charge in [-0.15, -0.1) is 0 Å². The molecule has 0 aliphatic heterocycles. The van der Waals surface area contributed by atoms with Crippen LogP contribution < -0.4 is 10.6 Å². The van der Waals surface area contributed by atoms with Crippen LogP contribution in [0.5, 0.6) is 0 Å². The number of amides is 2. The Kier molecular flexibility index (Phi) is 6.52. The van der Waals surface area contributed by atoms with Crippen LogP contribution in [-0.2, 0) is 16.1 Å². The lowest BCUT2D eigenvalue weighted by molar-refractivity contribution is -0.186. The summed E-state index contributed by atoms with van der Waals surface area (Å²) in [6.07, 6.45) is 0.155. The Labute approximate surface area is 161 Å².